The summed E-state index contributed by atoms with van der Waals surface area (Å²) in [5.41, 5.74) is 2.68. The second kappa shape index (κ2) is 6.94. The van der Waals surface area contributed by atoms with Crippen molar-refractivity contribution in [2.45, 2.75) is 38.0 Å². The first-order valence-electron chi connectivity index (χ1n) is 9.18. The fraction of sp³-hybridized carbons (Fsp3) is 0.450. The quantitative estimate of drug-likeness (QED) is 0.890. The normalized spacial score (nSPS) is 18.1. The summed E-state index contributed by atoms with van der Waals surface area (Å²) < 4.78 is 5.04. The second-order valence-corrected chi connectivity index (χ2v) is 7.29. The van der Waals surface area contributed by atoms with Crippen LogP contribution in [0.4, 0.5) is 0 Å². The molecule has 6 nitrogen and oxygen atoms in total. The van der Waals surface area contributed by atoms with Gasteiger partial charge in [0.2, 0.25) is 0 Å². The fourth-order valence-corrected chi connectivity index (χ4v) is 3.79. The van der Waals surface area contributed by atoms with Gasteiger partial charge < -0.3 is 14.5 Å². The van der Waals surface area contributed by atoms with Crippen molar-refractivity contribution in [1.29, 1.82) is 0 Å². The van der Waals surface area contributed by atoms with Crippen molar-refractivity contribution in [3.8, 4) is 0 Å². The van der Waals surface area contributed by atoms with E-state index in [1.807, 2.05) is 17.0 Å². The highest BCUT2D eigenvalue weighted by Crippen LogP contribution is 2.41. The van der Waals surface area contributed by atoms with E-state index in [1.54, 1.807) is 12.1 Å². The number of carboxylic acids is 1. The van der Waals surface area contributed by atoms with E-state index in [4.69, 9.17) is 4.52 Å². The summed E-state index contributed by atoms with van der Waals surface area (Å²) in [4.78, 5) is 26.0. The van der Waals surface area contributed by atoms with Crippen LogP contribution in [0, 0.1) is 5.92 Å². The molecule has 0 atom stereocenters. The highest BCUT2D eigenvalue weighted by molar-refractivity contribution is 5.95. The third kappa shape index (κ3) is 3.36. The summed E-state index contributed by atoms with van der Waals surface area (Å²) in [5.74, 6) is -0.0894. The van der Waals surface area contributed by atoms with Crippen LogP contribution in [0.5, 0.6) is 0 Å². The number of rotatable bonds is 5. The van der Waals surface area contributed by atoms with Gasteiger partial charge in [-0.3, -0.25) is 4.79 Å². The Bertz CT molecular complexity index is 817. The van der Waals surface area contributed by atoms with Gasteiger partial charge in [-0.1, -0.05) is 23.4 Å². The van der Waals surface area contributed by atoms with E-state index in [9.17, 15) is 14.7 Å². The number of carboxylic acid groups (broad SMARTS) is 1. The lowest BCUT2D eigenvalue weighted by Gasteiger charge is -2.32. The maximum absolute atomic E-state index is 12.8. The highest BCUT2D eigenvalue weighted by Gasteiger charge is 2.34. The summed E-state index contributed by atoms with van der Waals surface area (Å²) >= 11 is 0. The summed E-state index contributed by atoms with van der Waals surface area (Å²) in [7, 11) is 0. The largest absolute Gasteiger partial charge is 0.478 e. The van der Waals surface area contributed by atoms with Crippen molar-refractivity contribution in [2.24, 2.45) is 5.92 Å². The first-order valence-corrected chi connectivity index (χ1v) is 9.18. The molecule has 2 heterocycles. The lowest BCUT2D eigenvalue weighted by Crippen LogP contribution is -2.39. The molecule has 0 spiro atoms. The van der Waals surface area contributed by atoms with Crippen molar-refractivity contribution < 1.29 is 19.2 Å². The van der Waals surface area contributed by atoms with Crippen molar-refractivity contribution in [3.05, 3.63) is 52.9 Å². The molecule has 1 amide bonds. The van der Waals surface area contributed by atoms with E-state index in [1.165, 1.54) is 6.26 Å². The molecule has 1 aliphatic heterocycles. The van der Waals surface area contributed by atoms with Crippen molar-refractivity contribution >= 4 is 11.9 Å². The van der Waals surface area contributed by atoms with Crippen LogP contribution in [-0.2, 0) is 6.42 Å². The van der Waals surface area contributed by atoms with E-state index in [0.29, 0.717) is 36.1 Å². The molecule has 2 fully saturated rings. The Hall–Kier alpha value is -2.63. The number of nitrogens with zero attached hydrogens (tertiary/aromatic N) is 2. The van der Waals surface area contributed by atoms with Crippen molar-refractivity contribution in [3.63, 3.8) is 0 Å². The Balaban J connectivity index is 1.38. The summed E-state index contributed by atoms with van der Waals surface area (Å²) in [6, 6.07) is 7.18. The topological polar surface area (TPSA) is 83.6 Å². The minimum Gasteiger partial charge on any atom is -0.478 e. The van der Waals surface area contributed by atoms with E-state index in [-0.39, 0.29) is 5.91 Å². The number of aromatic nitrogens is 1. The maximum atomic E-state index is 12.8. The van der Waals surface area contributed by atoms with Gasteiger partial charge in [-0.2, -0.15) is 0 Å². The zero-order valence-corrected chi connectivity index (χ0v) is 14.6. The fourth-order valence-electron chi connectivity index (χ4n) is 3.79. The summed E-state index contributed by atoms with van der Waals surface area (Å²) in [6.45, 7) is 1.38. The molecule has 136 valence electrons. The first-order chi connectivity index (χ1) is 12.6. The number of likely N-dealkylation sites (tertiary alicyclic amines) is 1. The molecule has 4 rings (SSSR count). The molecule has 2 aromatic rings. The van der Waals surface area contributed by atoms with Crippen LogP contribution in [0.3, 0.4) is 0 Å². The van der Waals surface area contributed by atoms with E-state index in [2.05, 4.69) is 5.16 Å². The Morgan fingerprint density at radius 3 is 2.54 bits per heavy atom. The molecule has 26 heavy (non-hydrogen) atoms. The molecule has 6 heteroatoms. The number of aromatic carboxylic acids is 1. The van der Waals surface area contributed by atoms with Gasteiger partial charge in [0.25, 0.3) is 5.91 Å². The average Bonchev–Trinajstić information content (AvgIpc) is 3.38. The van der Waals surface area contributed by atoms with Crippen LogP contribution in [0.25, 0.3) is 0 Å². The first kappa shape index (κ1) is 16.8. The summed E-state index contributed by atoms with van der Waals surface area (Å²) in [6.07, 6.45) is 6.14. The van der Waals surface area contributed by atoms with E-state index in [0.717, 1.165) is 43.4 Å². The molecule has 1 aliphatic carbocycles. The lowest BCUT2D eigenvalue weighted by molar-refractivity contribution is 0.0688. The number of amides is 1. The van der Waals surface area contributed by atoms with E-state index >= 15 is 0 Å². The highest BCUT2D eigenvalue weighted by atomic mass is 16.5. The molecular formula is C20H22N2O4. The maximum Gasteiger partial charge on any atom is 0.335 e. The molecule has 1 saturated carbocycles. The number of benzene rings is 1. The zero-order valence-electron chi connectivity index (χ0n) is 14.6. The zero-order chi connectivity index (χ0) is 18.1. The smallest absolute Gasteiger partial charge is 0.335 e. The van der Waals surface area contributed by atoms with Crippen LogP contribution < -0.4 is 0 Å². The molecule has 0 unspecified atom stereocenters. The van der Waals surface area contributed by atoms with Gasteiger partial charge in [0.15, 0.2) is 0 Å². The van der Waals surface area contributed by atoms with Crippen LogP contribution in [0.2, 0.25) is 0 Å². The Kier molecular flexibility index (Phi) is 4.49. The predicted molar refractivity (Wildman–Crippen MR) is 94.2 cm³/mol. The minimum atomic E-state index is -0.881. The number of hydrogen-bond acceptors (Lipinski definition) is 4. The van der Waals surface area contributed by atoms with Gasteiger partial charge >= 0.3 is 5.97 Å². The Morgan fingerprint density at radius 2 is 1.85 bits per heavy atom. The number of carbonyl (C=O) groups is 2. The van der Waals surface area contributed by atoms with Gasteiger partial charge in [0, 0.05) is 19.0 Å². The molecule has 1 N–H and O–H groups in total. The number of piperidine rings is 1. The van der Waals surface area contributed by atoms with Gasteiger partial charge in [-0.25, -0.2) is 4.79 Å². The van der Waals surface area contributed by atoms with Crippen LogP contribution in [0.15, 0.2) is 35.1 Å². The van der Waals surface area contributed by atoms with Gasteiger partial charge in [0.1, 0.15) is 11.8 Å². The molecule has 0 bridgehead atoms. The number of carbonyl (C=O) groups excluding carboxylic acids is 1. The average molecular weight is 354 g/mol. The molecule has 1 saturated heterocycles. The van der Waals surface area contributed by atoms with Gasteiger partial charge in [-0.05, 0) is 49.7 Å². The Morgan fingerprint density at radius 1 is 1.12 bits per heavy atom. The molecule has 0 radical (unpaired) electrons. The molecular weight excluding hydrogens is 332 g/mol. The SMILES string of the molecule is O=C(O)c1ccccc1CC1CCN(C(=O)c2conc2C2CC2)CC1. The summed E-state index contributed by atoms with van der Waals surface area (Å²) in [5, 5.41) is 13.3. The third-order valence-electron chi connectivity index (χ3n) is 5.45. The molecule has 1 aromatic heterocycles. The monoisotopic (exact) mass is 354 g/mol. The third-order valence-corrected chi connectivity index (χ3v) is 5.45. The van der Waals surface area contributed by atoms with E-state index < -0.39 is 5.97 Å². The molecule has 2 aliphatic rings. The molecule has 1 aromatic carbocycles. The van der Waals surface area contributed by atoms with Crippen LogP contribution >= 0.6 is 0 Å². The predicted octanol–water partition coefficient (Wildman–Crippen LogP) is 3.35. The second-order valence-electron chi connectivity index (χ2n) is 7.29. The number of hydrogen-bond donors (Lipinski definition) is 1. The Labute approximate surface area is 151 Å². The van der Waals surface area contributed by atoms with Gasteiger partial charge in [0.05, 0.1) is 11.3 Å². The van der Waals surface area contributed by atoms with Crippen LogP contribution in [0.1, 0.15) is 63.6 Å². The lowest BCUT2D eigenvalue weighted by atomic mass is 9.88. The standard InChI is InChI=1S/C20H22N2O4/c23-19(17-12-26-21-18(17)14-5-6-14)22-9-7-13(8-10-22)11-15-3-1-2-4-16(15)20(24)25/h1-4,12-14H,5-11H2,(H,24,25). The van der Waals surface area contributed by atoms with Crippen LogP contribution in [-0.4, -0.2) is 40.1 Å². The van der Waals surface area contributed by atoms with Crippen molar-refractivity contribution in [2.75, 3.05) is 13.1 Å². The van der Waals surface area contributed by atoms with Crippen molar-refractivity contribution in [1.82, 2.24) is 10.1 Å². The minimum absolute atomic E-state index is 0.0116. The van der Waals surface area contributed by atoms with Gasteiger partial charge in [-0.15, -0.1) is 0 Å².